The van der Waals surface area contributed by atoms with Crippen molar-refractivity contribution < 1.29 is 26.5 Å². The Hall–Kier alpha value is -1.64. The molecule has 1 rings (SSSR count). The fourth-order valence-electron chi connectivity index (χ4n) is 0.912. The number of hydrogen-bond acceptors (Lipinski definition) is 4. The highest BCUT2D eigenvalue weighted by Gasteiger charge is 2.29. The SMILES string of the molecule is O=[N+]([O-])c1cc(S(=O)(=O)C(F)F)ccc1F. The Labute approximate surface area is 87.6 Å². The number of sulfone groups is 1. The highest BCUT2D eigenvalue weighted by Crippen LogP contribution is 2.24. The van der Waals surface area contributed by atoms with Gasteiger partial charge in [0.05, 0.1) is 9.82 Å². The molecule has 0 aromatic heterocycles. The molecule has 0 aliphatic rings. The highest BCUT2D eigenvalue weighted by molar-refractivity contribution is 7.91. The van der Waals surface area contributed by atoms with Crippen molar-refractivity contribution in [3.8, 4) is 0 Å². The van der Waals surface area contributed by atoms with E-state index < -0.39 is 36.9 Å². The molecule has 0 heterocycles. The minimum absolute atomic E-state index is 0.261. The van der Waals surface area contributed by atoms with E-state index in [2.05, 4.69) is 0 Å². The molecular formula is C7H4F3NO4S. The van der Waals surface area contributed by atoms with Crippen LogP contribution in [-0.4, -0.2) is 19.1 Å². The molecule has 0 spiro atoms. The van der Waals surface area contributed by atoms with Crippen molar-refractivity contribution in [2.45, 2.75) is 10.7 Å². The third kappa shape index (κ3) is 2.13. The van der Waals surface area contributed by atoms with Crippen LogP contribution >= 0.6 is 0 Å². The van der Waals surface area contributed by atoms with Crippen molar-refractivity contribution in [2.75, 3.05) is 0 Å². The molecule has 0 bridgehead atoms. The van der Waals surface area contributed by atoms with Gasteiger partial charge in [-0.1, -0.05) is 0 Å². The van der Waals surface area contributed by atoms with Gasteiger partial charge in [-0.25, -0.2) is 8.42 Å². The van der Waals surface area contributed by atoms with Crippen LogP contribution in [0, 0.1) is 15.9 Å². The first kappa shape index (κ1) is 12.4. The van der Waals surface area contributed by atoms with E-state index in [0.29, 0.717) is 12.1 Å². The number of nitro benzene ring substituents is 1. The molecule has 0 radical (unpaired) electrons. The second-order valence-corrected chi connectivity index (χ2v) is 4.59. The lowest BCUT2D eigenvalue weighted by molar-refractivity contribution is -0.387. The Bertz CT molecular complexity index is 528. The maximum Gasteiger partial charge on any atom is 0.341 e. The molecule has 0 aliphatic heterocycles. The molecule has 0 aliphatic carbocycles. The second-order valence-electron chi connectivity index (χ2n) is 2.68. The zero-order valence-electron chi connectivity index (χ0n) is 7.43. The molecule has 0 amide bonds. The van der Waals surface area contributed by atoms with Gasteiger partial charge in [0.25, 0.3) is 0 Å². The number of benzene rings is 1. The summed E-state index contributed by atoms with van der Waals surface area (Å²) >= 11 is 0. The van der Waals surface area contributed by atoms with E-state index in [1.165, 1.54) is 0 Å². The quantitative estimate of drug-likeness (QED) is 0.468. The normalized spacial score (nSPS) is 11.8. The first-order valence-corrected chi connectivity index (χ1v) is 5.27. The molecular weight excluding hydrogens is 251 g/mol. The van der Waals surface area contributed by atoms with Crippen molar-refractivity contribution in [2.24, 2.45) is 0 Å². The minimum Gasteiger partial charge on any atom is -0.258 e. The Morgan fingerprint density at radius 2 is 1.88 bits per heavy atom. The van der Waals surface area contributed by atoms with Gasteiger partial charge >= 0.3 is 11.4 Å². The first-order chi connectivity index (χ1) is 7.26. The molecule has 1 aromatic rings. The van der Waals surface area contributed by atoms with Crippen molar-refractivity contribution in [1.82, 2.24) is 0 Å². The first-order valence-electron chi connectivity index (χ1n) is 3.73. The van der Waals surface area contributed by atoms with Gasteiger partial charge in [0.15, 0.2) is 0 Å². The van der Waals surface area contributed by atoms with Crippen LogP contribution in [-0.2, 0) is 9.84 Å². The summed E-state index contributed by atoms with van der Waals surface area (Å²) < 4.78 is 58.8. The fourth-order valence-corrected chi connectivity index (χ4v) is 1.65. The van der Waals surface area contributed by atoms with Crippen molar-refractivity contribution in [1.29, 1.82) is 0 Å². The summed E-state index contributed by atoms with van der Waals surface area (Å²) in [7, 11) is -4.95. The monoisotopic (exact) mass is 255 g/mol. The third-order valence-electron chi connectivity index (χ3n) is 1.68. The smallest absolute Gasteiger partial charge is 0.258 e. The molecule has 0 fully saturated rings. The molecule has 9 heteroatoms. The van der Waals surface area contributed by atoms with E-state index in [9.17, 15) is 31.7 Å². The predicted molar refractivity (Wildman–Crippen MR) is 46.2 cm³/mol. The summed E-state index contributed by atoms with van der Waals surface area (Å²) in [4.78, 5) is 8.07. The van der Waals surface area contributed by atoms with Crippen molar-refractivity contribution in [3.05, 3.63) is 34.1 Å². The molecule has 5 nitrogen and oxygen atoms in total. The van der Waals surface area contributed by atoms with Crippen molar-refractivity contribution >= 4 is 15.5 Å². The lowest BCUT2D eigenvalue weighted by Crippen LogP contribution is -2.11. The average molecular weight is 255 g/mol. The van der Waals surface area contributed by atoms with Crippen LogP contribution in [0.4, 0.5) is 18.9 Å². The third-order valence-corrected chi connectivity index (χ3v) is 3.06. The summed E-state index contributed by atoms with van der Waals surface area (Å²) in [5.74, 6) is -5.00. The van der Waals surface area contributed by atoms with Gasteiger partial charge in [-0.3, -0.25) is 10.1 Å². The van der Waals surface area contributed by atoms with Crippen LogP contribution in [0.1, 0.15) is 0 Å². The van der Waals surface area contributed by atoms with Crippen LogP contribution in [0.2, 0.25) is 0 Å². The summed E-state index contributed by atoms with van der Waals surface area (Å²) in [6, 6.07) is 1.26. The maximum absolute atomic E-state index is 12.8. The summed E-state index contributed by atoms with van der Waals surface area (Å²) in [5, 5.41) is 10.3. The summed E-state index contributed by atoms with van der Waals surface area (Å²) in [5.41, 5.74) is -1.17. The molecule has 0 saturated carbocycles. The van der Waals surface area contributed by atoms with Gasteiger partial charge in [-0.05, 0) is 12.1 Å². The number of nitro groups is 1. The molecule has 0 unspecified atom stereocenters. The predicted octanol–water partition coefficient (Wildman–Crippen LogP) is 1.73. The number of nitrogens with zero attached hydrogens (tertiary/aromatic N) is 1. The van der Waals surface area contributed by atoms with Crippen LogP contribution < -0.4 is 0 Å². The van der Waals surface area contributed by atoms with Gasteiger partial charge in [0.1, 0.15) is 0 Å². The molecule has 0 saturated heterocycles. The van der Waals surface area contributed by atoms with E-state index in [-0.39, 0.29) is 6.07 Å². The molecule has 1 aromatic carbocycles. The summed E-state index contributed by atoms with van der Waals surface area (Å²) in [6.45, 7) is 0. The molecule has 0 N–H and O–H groups in total. The lowest BCUT2D eigenvalue weighted by Gasteiger charge is -2.02. The van der Waals surface area contributed by atoms with Gasteiger partial charge in [0, 0.05) is 6.07 Å². The van der Waals surface area contributed by atoms with E-state index in [1.807, 2.05) is 0 Å². The van der Waals surface area contributed by atoms with Crippen LogP contribution in [0.5, 0.6) is 0 Å². The van der Waals surface area contributed by atoms with Gasteiger partial charge < -0.3 is 0 Å². The minimum atomic E-state index is -4.95. The number of rotatable bonds is 3. The van der Waals surface area contributed by atoms with Crippen LogP contribution in [0.15, 0.2) is 23.1 Å². The Balaban J connectivity index is 3.40. The summed E-state index contributed by atoms with van der Waals surface area (Å²) in [6.07, 6.45) is 0. The Kier molecular flexibility index (Phi) is 3.17. The fraction of sp³-hybridized carbons (Fsp3) is 0.143. The van der Waals surface area contributed by atoms with Crippen LogP contribution in [0.25, 0.3) is 0 Å². The topological polar surface area (TPSA) is 77.3 Å². The molecule has 88 valence electrons. The zero-order chi connectivity index (χ0) is 12.5. The second kappa shape index (κ2) is 4.08. The van der Waals surface area contributed by atoms with E-state index in [1.54, 1.807) is 0 Å². The Morgan fingerprint density at radius 1 is 1.31 bits per heavy atom. The highest BCUT2D eigenvalue weighted by atomic mass is 32.2. The van der Waals surface area contributed by atoms with E-state index >= 15 is 0 Å². The van der Waals surface area contributed by atoms with Gasteiger partial charge in [-0.2, -0.15) is 13.2 Å². The lowest BCUT2D eigenvalue weighted by atomic mass is 10.3. The largest absolute Gasteiger partial charge is 0.341 e. The number of halogens is 3. The van der Waals surface area contributed by atoms with Gasteiger partial charge in [-0.15, -0.1) is 0 Å². The number of alkyl halides is 2. The standard InChI is InChI=1S/C7H4F3NO4S/c8-5-2-1-4(3-6(5)11(12)13)16(14,15)7(9)10/h1-3,7H. The molecule has 16 heavy (non-hydrogen) atoms. The zero-order valence-corrected chi connectivity index (χ0v) is 8.25. The van der Waals surface area contributed by atoms with Crippen LogP contribution in [0.3, 0.4) is 0 Å². The molecule has 0 atom stereocenters. The van der Waals surface area contributed by atoms with Crippen molar-refractivity contribution in [3.63, 3.8) is 0 Å². The van der Waals surface area contributed by atoms with E-state index in [4.69, 9.17) is 0 Å². The van der Waals surface area contributed by atoms with Gasteiger partial charge in [0.2, 0.25) is 15.7 Å². The maximum atomic E-state index is 12.8. The average Bonchev–Trinajstić information content (AvgIpc) is 2.17. The Morgan fingerprint density at radius 3 is 2.31 bits per heavy atom. The number of hydrogen-bond donors (Lipinski definition) is 0. The van der Waals surface area contributed by atoms with E-state index in [0.717, 1.165) is 0 Å².